The van der Waals surface area contributed by atoms with Crippen molar-refractivity contribution in [2.24, 2.45) is 0 Å². The fourth-order valence-electron chi connectivity index (χ4n) is 2.72. The van der Waals surface area contributed by atoms with Crippen LogP contribution in [0.5, 0.6) is 0 Å². The molecule has 7 nitrogen and oxygen atoms in total. The molecule has 0 aromatic carbocycles. The molecule has 1 aromatic rings. The Labute approximate surface area is 118 Å². The molecule has 0 amide bonds. The van der Waals surface area contributed by atoms with Crippen LogP contribution >= 0.6 is 0 Å². The SMILES string of the molecule is Cc1nn(CC(=O)O)c(C)c1S(=O)(=O)N1CCCC1C. The molecule has 20 heavy (non-hydrogen) atoms. The van der Waals surface area contributed by atoms with Crippen molar-refractivity contribution in [2.45, 2.75) is 51.1 Å². The van der Waals surface area contributed by atoms with E-state index in [1.165, 1.54) is 8.99 Å². The van der Waals surface area contributed by atoms with E-state index in [1.807, 2.05) is 6.92 Å². The van der Waals surface area contributed by atoms with Gasteiger partial charge in [-0.05, 0) is 33.6 Å². The van der Waals surface area contributed by atoms with E-state index in [4.69, 9.17) is 5.11 Å². The van der Waals surface area contributed by atoms with Crippen molar-refractivity contribution in [3.8, 4) is 0 Å². The molecule has 1 fully saturated rings. The lowest BCUT2D eigenvalue weighted by molar-refractivity contribution is -0.137. The van der Waals surface area contributed by atoms with E-state index < -0.39 is 16.0 Å². The Morgan fingerprint density at radius 3 is 2.60 bits per heavy atom. The van der Waals surface area contributed by atoms with E-state index in [0.29, 0.717) is 17.9 Å². The number of hydrogen-bond acceptors (Lipinski definition) is 4. The molecule has 1 aromatic heterocycles. The maximum Gasteiger partial charge on any atom is 0.325 e. The molecule has 8 heteroatoms. The highest BCUT2D eigenvalue weighted by molar-refractivity contribution is 7.89. The van der Waals surface area contributed by atoms with Crippen LogP contribution < -0.4 is 0 Å². The van der Waals surface area contributed by atoms with Crippen molar-refractivity contribution >= 4 is 16.0 Å². The second-order valence-corrected chi connectivity index (χ2v) is 6.99. The molecule has 1 unspecified atom stereocenters. The third kappa shape index (κ3) is 2.45. The zero-order valence-corrected chi connectivity index (χ0v) is 12.6. The lowest BCUT2D eigenvalue weighted by atomic mass is 10.3. The summed E-state index contributed by atoms with van der Waals surface area (Å²) in [4.78, 5) is 10.9. The highest BCUT2D eigenvalue weighted by Crippen LogP contribution is 2.29. The number of carboxylic acid groups (broad SMARTS) is 1. The summed E-state index contributed by atoms with van der Waals surface area (Å²) in [5.74, 6) is -1.05. The van der Waals surface area contributed by atoms with Crippen LogP contribution in [-0.4, -0.2) is 46.2 Å². The first-order valence-corrected chi connectivity index (χ1v) is 7.96. The molecule has 1 saturated heterocycles. The maximum absolute atomic E-state index is 12.7. The van der Waals surface area contributed by atoms with Crippen molar-refractivity contribution in [1.29, 1.82) is 0 Å². The molecule has 1 N–H and O–H groups in total. The highest BCUT2D eigenvalue weighted by atomic mass is 32.2. The van der Waals surface area contributed by atoms with E-state index >= 15 is 0 Å². The number of aryl methyl sites for hydroxylation is 1. The Hall–Kier alpha value is -1.41. The van der Waals surface area contributed by atoms with Gasteiger partial charge in [-0.2, -0.15) is 9.40 Å². The first kappa shape index (κ1) is 15.0. The van der Waals surface area contributed by atoms with Gasteiger partial charge in [0.15, 0.2) is 0 Å². The number of aliphatic carboxylic acids is 1. The van der Waals surface area contributed by atoms with Crippen LogP contribution in [-0.2, 0) is 21.4 Å². The van der Waals surface area contributed by atoms with Gasteiger partial charge in [-0.3, -0.25) is 9.48 Å². The predicted molar refractivity (Wildman–Crippen MR) is 71.9 cm³/mol. The minimum Gasteiger partial charge on any atom is -0.480 e. The van der Waals surface area contributed by atoms with Crippen LogP contribution in [0.2, 0.25) is 0 Å². The average Bonchev–Trinajstić information content (AvgIpc) is 2.84. The van der Waals surface area contributed by atoms with E-state index in [-0.39, 0.29) is 17.5 Å². The summed E-state index contributed by atoms with van der Waals surface area (Å²) < 4.78 is 28.1. The Balaban J connectivity index is 2.47. The molecular weight excluding hydrogens is 282 g/mol. The fourth-order valence-corrected chi connectivity index (χ4v) is 4.79. The molecule has 1 atom stereocenters. The zero-order valence-electron chi connectivity index (χ0n) is 11.8. The lowest BCUT2D eigenvalue weighted by Gasteiger charge is -2.21. The molecule has 0 saturated carbocycles. The van der Waals surface area contributed by atoms with Gasteiger partial charge >= 0.3 is 5.97 Å². The number of aromatic nitrogens is 2. The second-order valence-electron chi connectivity index (χ2n) is 5.16. The summed E-state index contributed by atoms with van der Waals surface area (Å²) in [5, 5.41) is 12.9. The van der Waals surface area contributed by atoms with Gasteiger partial charge in [0.1, 0.15) is 11.4 Å². The lowest BCUT2D eigenvalue weighted by Crippen LogP contribution is -2.34. The summed E-state index contributed by atoms with van der Waals surface area (Å²) >= 11 is 0. The Kier molecular flexibility index (Phi) is 3.88. The number of carboxylic acids is 1. The third-order valence-electron chi connectivity index (χ3n) is 3.66. The number of rotatable bonds is 4. The summed E-state index contributed by atoms with van der Waals surface area (Å²) in [7, 11) is -3.61. The van der Waals surface area contributed by atoms with Crippen LogP contribution in [0.3, 0.4) is 0 Å². The van der Waals surface area contributed by atoms with Crippen molar-refractivity contribution in [3.05, 3.63) is 11.4 Å². The van der Waals surface area contributed by atoms with Gasteiger partial charge < -0.3 is 5.11 Å². The number of hydrogen-bond donors (Lipinski definition) is 1. The largest absolute Gasteiger partial charge is 0.480 e. The maximum atomic E-state index is 12.7. The normalized spacial score (nSPS) is 20.4. The molecule has 0 aliphatic carbocycles. The van der Waals surface area contributed by atoms with Crippen molar-refractivity contribution in [1.82, 2.24) is 14.1 Å². The first-order valence-electron chi connectivity index (χ1n) is 6.52. The van der Waals surface area contributed by atoms with Crippen molar-refractivity contribution in [2.75, 3.05) is 6.54 Å². The Morgan fingerprint density at radius 2 is 2.10 bits per heavy atom. The topological polar surface area (TPSA) is 92.5 Å². The smallest absolute Gasteiger partial charge is 0.325 e. The van der Waals surface area contributed by atoms with Crippen LogP contribution in [0.15, 0.2) is 4.90 Å². The number of sulfonamides is 1. The van der Waals surface area contributed by atoms with Crippen LogP contribution in [0.4, 0.5) is 0 Å². The fraction of sp³-hybridized carbons (Fsp3) is 0.667. The van der Waals surface area contributed by atoms with Crippen molar-refractivity contribution in [3.63, 3.8) is 0 Å². The van der Waals surface area contributed by atoms with Crippen LogP contribution in [0, 0.1) is 13.8 Å². The Bertz CT molecular complexity index is 635. The quantitative estimate of drug-likeness (QED) is 0.886. The third-order valence-corrected chi connectivity index (χ3v) is 5.93. The minimum atomic E-state index is -3.61. The molecule has 0 radical (unpaired) electrons. The first-order chi connectivity index (χ1) is 9.25. The van der Waals surface area contributed by atoms with Gasteiger partial charge in [0.25, 0.3) is 0 Å². The van der Waals surface area contributed by atoms with Crippen LogP contribution in [0.25, 0.3) is 0 Å². The molecular formula is C12H19N3O4S. The van der Waals surface area contributed by atoms with Gasteiger partial charge in [0, 0.05) is 12.6 Å². The second kappa shape index (κ2) is 5.17. The summed E-state index contributed by atoms with van der Waals surface area (Å²) in [6.45, 7) is 5.25. The standard InChI is InChI=1S/C12H19N3O4S/c1-8-5-4-6-15(8)20(18,19)12-9(2)13-14(10(12)3)7-11(16)17/h8H,4-7H2,1-3H3,(H,16,17). The molecule has 2 heterocycles. The van der Waals surface area contributed by atoms with E-state index in [1.54, 1.807) is 13.8 Å². The van der Waals surface area contributed by atoms with E-state index in [2.05, 4.69) is 5.10 Å². The zero-order chi connectivity index (χ0) is 15.1. The molecule has 0 bridgehead atoms. The predicted octanol–water partition coefficient (Wildman–Crippen LogP) is 0.758. The van der Waals surface area contributed by atoms with Gasteiger partial charge in [-0.15, -0.1) is 0 Å². The summed E-state index contributed by atoms with van der Waals surface area (Å²) in [5.41, 5.74) is 0.729. The molecule has 1 aliphatic rings. The summed E-state index contributed by atoms with van der Waals surface area (Å²) in [6.07, 6.45) is 1.70. The monoisotopic (exact) mass is 301 g/mol. The van der Waals surface area contributed by atoms with Gasteiger partial charge in [0.05, 0.1) is 11.4 Å². The minimum absolute atomic E-state index is 0.0263. The number of carbonyl (C=O) groups is 1. The Morgan fingerprint density at radius 1 is 1.45 bits per heavy atom. The molecule has 112 valence electrons. The molecule has 2 rings (SSSR count). The molecule has 0 spiro atoms. The van der Waals surface area contributed by atoms with Gasteiger partial charge in [-0.25, -0.2) is 8.42 Å². The highest BCUT2D eigenvalue weighted by Gasteiger charge is 2.36. The van der Waals surface area contributed by atoms with Gasteiger partial charge in [0.2, 0.25) is 10.0 Å². The van der Waals surface area contributed by atoms with Gasteiger partial charge in [-0.1, -0.05) is 0 Å². The molecule has 1 aliphatic heterocycles. The average molecular weight is 301 g/mol. The van der Waals surface area contributed by atoms with E-state index in [9.17, 15) is 13.2 Å². The van der Waals surface area contributed by atoms with Crippen molar-refractivity contribution < 1.29 is 18.3 Å². The van der Waals surface area contributed by atoms with Crippen LogP contribution in [0.1, 0.15) is 31.2 Å². The summed E-state index contributed by atoms with van der Waals surface area (Å²) in [6, 6.07) is -0.0263. The number of nitrogens with zero attached hydrogens (tertiary/aromatic N) is 3. The van der Waals surface area contributed by atoms with E-state index in [0.717, 1.165) is 12.8 Å².